The molecule has 0 radical (unpaired) electrons. The molecule has 3 aromatic heterocycles. The summed E-state index contributed by atoms with van der Waals surface area (Å²) in [4.78, 5) is 14.8. The summed E-state index contributed by atoms with van der Waals surface area (Å²) in [5.74, 6) is 1.88. The maximum absolute atomic E-state index is 6.72. The van der Waals surface area contributed by atoms with E-state index in [1.54, 1.807) is 0 Å². The molecule has 10 rings (SSSR count). The zero-order chi connectivity index (χ0) is 33.0. The quantitative estimate of drug-likeness (QED) is 0.188. The van der Waals surface area contributed by atoms with Crippen LogP contribution in [-0.2, 0) is 0 Å². The number of furan rings is 1. The summed E-state index contributed by atoms with van der Waals surface area (Å²) in [6.45, 7) is 0. The molecule has 0 saturated heterocycles. The van der Waals surface area contributed by atoms with E-state index >= 15 is 0 Å². The Morgan fingerprint density at radius 3 is 1.66 bits per heavy atom. The molecule has 0 fully saturated rings. The fourth-order valence-corrected chi connectivity index (χ4v) is 7.17. The molecule has 5 heteroatoms. The first kappa shape index (κ1) is 28.2. The van der Waals surface area contributed by atoms with Crippen LogP contribution in [0.25, 0.3) is 94.7 Å². The average Bonchev–Trinajstić information content (AvgIpc) is 3.74. The molecule has 0 aliphatic rings. The predicted molar refractivity (Wildman–Crippen MR) is 203 cm³/mol. The molecule has 10 aromatic rings. The highest BCUT2D eigenvalue weighted by atomic mass is 16.3. The van der Waals surface area contributed by atoms with Gasteiger partial charge in [0.15, 0.2) is 23.1 Å². The smallest absolute Gasteiger partial charge is 0.164 e. The normalized spacial score (nSPS) is 11.6. The second-order valence-corrected chi connectivity index (χ2v) is 12.4. The van der Waals surface area contributed by atoms with E-state index in [1.165, 1.54) is 21.9 Å². The van der Waals surface area contributed by atoms with Gasteiger partial charge in [0.25, 0.3) is 0 Å². The molecule has 0 aliphatic heterocycles. The van der Waals surface area contributed by atoms with Crippen molar-refractivity contribution in [3.63, 3.8) is 0 Å². The van der Waals surface area contributed by atoms with Gasteiger partial charge in [0, 0.05) is 38.2 Å². The van der Waals surface area contributed by atoms with Crippen LogP contribution in [0.5, 0.6) is 0 Å². The zero-order valence-corrected chi connectivity index (χ0v) is 26.9. The molecule has 7 aromatic carbocycles. The van der Waals surface area contributed by atoms with Crippen LogP contribution in [0, 0.1) is 0 Å². The Hall–Kier alpha value is -6.85. The van der Waals surface area contributed by atoms with E-state index in [9.17, 15) is 0 Å². The third kappa shape index (κ3) is 4.52. The van der Waals surface area contributed by atoms with Crippen LogP contribution in [0.15, 0.2) is 174 Å². The van der Waals surface area contributed by atoms with Crippen molar-refractivity contribution in [1.29, 1.82) is 0 Å². The summed E-state index contributed by atoms with van der Waals surface area (Å²) >= 11 is 0. The molecule has 0 saturated carbocycles. The van der Waals surface area contributed by atoms with Crippen LogP contribution in [0.1, 0.15) is 0 Å². The number of para-hydroxylation sites is 2. The Kier molecular flexibility index (Phi) is 6.42. The third-order valence-corrected chi connectivity index (χ3v) is 9.46. The molecule has 0 aliphatic carbocycles. The predicted octanol–water partition coefficient (Wildman–Crippen LogP) is 11.5. The first-order chi connectivity index (χ1) is 24.8. The average molecular weight is 641 g/mol. The van der Waals surface area contributed by atoms with Crippen LogP contribution >= 0.6 is 0 Å². The molecule has 5 nitrogen and oxygen atoms in total. The number of hydrogen-bond donors (Lipinski definition) is 0. The lowest BCUT2D eigenvalue weighted by Gasteiger charge is -2.09. The van der Waals surface area contributed by atoms with Crippen LogP contribution < -0.4 is 0 Å². The van der Waals surface area contributed by atoms with Crippen molar-refractivity contribution in [2.45, 2.75) is 0 Å². The Morgan fingerprint density at radius 1 is 0.400 bits per heavy atom. The van der Waals surface area contributed by atoms with Crippen LogP contribution in [0.2, 0.25) is 0 Å². The molecule has 3 heterocycles. The summed E-state index contributed by atoms with van der Waals surface area (Å²) in [6, 6.07) is 58.5. The van der Waals surface area contributed by atoms with Crippen LogP contribution in [-0.4, -0.2) is 19.5 Å². The second-order valence-electron chi connectivity index (χ2n) is 12.4. The van der Waals surface area contributed by atoms with Crippen molar-refractivity contribution < 1.29 is 4.42 Å². The number of fused-ring (bicyclic) bond motifs is 6. The minimum absolute atomic E-state index is 0.612. The molecule has 0 amide bonds. The number of hydrogen-bond acceptors (Lipinski definition) is 4. The van der Waals surface area contributed by atoms with Crippen molar-refractivity contribution in [3.8, 4) is 51.0 Å². The van der Waals surface area contributed by atoms with Gasteiger partial charge in [-0.3, -0.25) is 0 Å². The number of benzene rings is 7. The summed E-state index contributed by atoms with van der Waals surface area (Å²) < 4.78 is 9.06. The first-order valence-electron chi connectivity index (χ1n) is 16.7. The number of nitrogens with zero attached hydrogens (tertiary/aromatic N) is 4. The van der Waals surface area contributed by atoms with Crippen molar-refractivity contribution in [2.24, 2.45) is 0 Å². The summed E-state index contributed by atoms with van der Waals surface area (Å²) in [5, 5.41) is 4.47. The molecule has 0 N–H and O–H groups in total. The Balaban J connectivity index is 1.18. The van der Waals surface area contributed by atoms with Gasteiger partial charge in [0.1, 0.15) is 5.58 Å². The van der Waals surface area contributed by atoms with Gasteiger partial charge in [-0.15, -0.1) is 0 Å². The van der Waals surface area contributed by atoms with Gasteiger partial charge < -0.3 is 8.98 Å². The molecule has 0 bridgehead atoms. The van der Waals surface area contributed by atoms with Crippen molar-refractivity contribution in [3.05, 3.63) is 170 Å². The lowest BCUT2D eigenvalue weighted by molar-refractivity contribution is 0.666. The van der Waals surface area contributed by atoms with Crippen LogP contribution in [0.4, 0.5) is 0 Å². The molecule has 50 heavy (non-hydrogen) atoms. The van der Waals surface area contributed by atoms with Gasteiger partial charge >= 0.3 is 0 Å². The SMILES string of the molecule is c1ccc(-c2nc(-c3ccccc3)nc(-c3ccc4oc5c(-n6c7ccccc7c7c(-c8ccccc8)cccc76)cccc5c4c3)n2)cc1. The van der Waals surface area contributed by atoms with E-state index in [2.05, 4.69) is 102 Å². The molecule has 0 spiro atoms. The first-order valence-corrected chi connectivity index (χ1v) is 16.7. The van der Waals surface area contributed by atoms with Gasteiger partial charge in [0.2, 0.25) is 0 Å². The topological polar surface area (TPSA) is 56.7 Å². The molecule has 0 atom stereocenters. The summed E-state index contributed by atoms with van der Waals surface area (Å²) in [6.07, 6.45) is 0. The van der Waals surface area contributed by atoms with Gasteiger partial charge in [-0.05, 0) is 47.5 Å². The van der Waals surface area contributed by atoms with E-state index in [0.717, 1.165) is 55.3 Å². The maximum Gasteiger partial charge on any atom is 0.164 e. The fraction of sp³-hybridized carbons (Fsp3) is 0. The van der Waals surface area contributed by atoms with E-state index in [0.29, 0.717) is 17.5 Å². The molecular formula is C45H28N4O. The number of rotatable bonds is 5. The van der Waals surface area contributed by atoms with Gasteiger partial charge in [0.05, 0.1) is 16.7 Å². The van der Waals surface area contributed by atoms with Crippen molar-refractivity contribution in [2.75, 3.05) is 0 Å². The Labute approximate surface area is 287 Å². The van der Waals surface area contributed by atoms with Gasteiger partial charge in [-0.1, -0.05) is 133 Å². The summed E-state index contributed by atoms with van der Waals surface area (Å²) in [5.41, 5.74) is 10.1. The standard InChI is InChI=1S/C45H28N4O/c1-4-14-29(15-5-1)33-21-12-24-38-41(33)35-20-10-11-23-37(35)49(38)39-25-13-22-34-36-28-32(26-27-40(36)50-42(34)39)45-47-43(30-16-6-2-7-17-30)46-44(48-45)31-18-8-3-9-19-31/h1-28H. The van der Waals surface area contributed by atoms with E-state index < -0.39 is 0 Å². The fourth-order valence-electron chi connectivity index (χ4n) is 7.17. The molecular weight excluding hydrogens is 613 g/mol. The highest BCUT2D eigenvalue weighted by molar-refractivity contribution is 6.17. The second kappa shape index (κ2) is 11.4. The zero-order valence-electron chi connectivity index (χ0n) is 26.9. The lowest BCUT2D eigenvalue weighted by Crippen LogP contribution is -2.00. The van der Waals surface area contributed by atoms with Gasteiger partial charge in [-0.2, -0.15) is 0 Å². The van der Waals surface area contributed by atoms with Crippen molar-refractivity contribution >= 4 is 43.7 Å². The van der Waals surface area contributed by atoms with Crippen LogP contribution in [0.3, 0.4) is 0 Å². The lowest BCUT2D eigenvalue weighted by atomic mass is 9.99. The molecule has 0 unspecified atom stereocenters. The molecule has 234 valence electrons. The maximum atomic E-state index is 6.72. The minimum atomic E-state index is 0.612. The third-order valence-electron chi connectivity index (χ3n) is 9.46. The highest BCUT2D eigenvalue weighted by Crippen LogP contribution is 2.41. The minimum Gasteiger partial charge on any atom is -0.454 e. The van der Waals surface area contributed by atoms with E-state index in [1.807, 2.05) is 72.8 Å². The van der Waals surface area contributed by atoms with E-state index in [4.69, 9.17) is 19.4 Å². The highest BCUT2D eigenvalue weighted by Gasteiger charge is 2.20. The van der Waals surface area contributed by atoms with E-state index in [-0.39, 0.29) is 0 Å². The monoisotopic (exact) mass is 640 g/mol. The van der Waals surface area contributed by atoms with Gasteiger partial charge in [-0.25, -0.2) is 15.0 Å². The Morgan fingerprint density at radius 2 is 0.960 bits per heavy atom. The largest absolute Gasteiger partial charge is 0.454 e. The number of aromatic nitrogens is 4. The summed E-state index contributed by atoms with van der Waals surface area (Å²) in [7, 11) is 0. The Bertz CT molecular complexity index is 2800. The van der Waals surface area contributed by atoms with Crippen molar-refractivity contribution in [1.82, 2.24) is 19.5 Å².